The van der Waals surface area contributed by atoms with Crippen molar-refractivity contribution in [1.29, 1.82) is 0 Å². The summed E-state index contributed by atoms with van der Waals surface area (Å²) in [6.45, 7) is 2.24. The highest BCUT2D eigenvalue weighted by Gasteiger charge is 2.58. The standard InChI is InChI=1S/C14H18N8O10S2/c1-14(2,11(26)27)32-21-5(4-3-33-13(16)17-4)8(23)18-6-7(9(24)19-20-12(15)28)22(10(6)25)34(29,30)31/h3,6-7H,1-2H3,(H2,16,17)(H,18,23)(H,19,24)(H,26,27)(H3,15,20,28)(H,29,30,31)/b21-5-/t6-,7-/m1/s1. The van der Waals surface area contributed by atoms with E-state index in [1.807, 2.05) is 5.32 Å². The van der Waals surface area contributed by atoms with Crippen molar-refractivity contribution in [3.05, 3.63) is 11.1 Å². The van der Waals surface area contributed by atoms with E-state index in [2.05, 4.69) is 10.1 Å². The van der Waals surface area contributed by atoms with Crippen molar-refractivity contribution >= 4 is 62.2 Å². The average molecular weight is 522 g/mol. The van der Waals surface area contributed by atoms with E-state index < -0.39 is 63.4 Å². The number of carbonyl (C=O) groups is 5. The maximum atomic E-state index is 12.8. The minimum atomic E-state index is -5.24. The van der Waals surface area contributed by atoms with Crippen molar-refractivity contribution in [2.24, 2.45) is 10.9 Å². The van der Waals surface area contributed by atoms with Crippen LogP contribution in [0.1, 0.15) is 19.5 Å². The highest BCUT2D eigenvalue weighted by Crippen LogP contribution is 2.24. The maximum Gasteiger partial charge on any atom is 0.363 e. The Morgan fingerprint density at radius 1 is 1.29 bits per heavy atom. The predicted molar refractivity (Wildman–Crippen MR) is 111 cm³/mol. The van der Waals surface area contributed by atoms with Gasteiger partial charge >= 0.3 is 22.3 Å². The van der Waals surface area contributed by atoms with Gasteiger partial charge in [0.2, 0.25) is 5.60 Å². The number of nitrogens with one attached hydrogen (secondary N) is 3. The van der Waals surface area contributed by atoms with Crippen molar-refractivity contribution < 1.29 is 46.9 Å². The lowest BCUT2D eigenvalue weighted by Gasteiger charge is -2.42. The van der Waals surface area contributed by atoms with Gasteiger partial charge in [-0.25, -0.2) is 20.0 Å². The number of nitrogens with two attached hydrogens (primary N) is 2. The third kappa shape index (κ3) is 5.65. The molecule has 9 N–H and O–H groups in total. The minimum absolute atomic E-state index is 0.0138. The Bertz CT molecular complexity index is 1180. The molecule has 0 unspecified atom stereocenters. The molecule has 2 atom stereocenters. The minimum Gasteiger partial charge on any atom is -0.478 e. The molecular formula is C14H18N8O10S2. The van der Waals surface area contributed by atoms with Gasteiger partial charge in [-0.1, -0.05) is 5.16 Å². The number of hydrazine groups is 1. The van der Waals surface area contributed by atoms with Crippen LogP contribution in [0, 0.1) is 0 Å². The Labute approximate surface area is 194 Å². The number of aliphatic carboxylic acids is 1. The number of oxime groups is 1. The third-order valence-electron chi connectivity index (χ3n) is 4.02. The lowest BCUT2D eigenvalue weighted by atomic mass is 9.97. The van der Waals surface area contributed by atoms with Crippen LogP contribution < -0.4 is 27.6 Å². The van der Waals surface area contributed by atoms with Gasteiger partial charge in [-0.3, -0.25) is 24.4 Å². The molecule has 2 rings (SSSR count). The van der Waals surface area contributed by atoms with Crippen molar-refractivity contribution in [2.45, 2.75) is 31.5 Å². The summed E-state index contributed by atoms with van der Waals surface area (Å²) in [5.41, 5.74) is 10.9. The molecule has 1 aromatic heterocycles. The molecule has 186 valence electrons. The highest BCUT2D eigenvalue weighted by molar-refractivity contribution is 7.84. The van der Waals surface area contributed by atoms with Gasteiger partial charge in [0.1, 0.15) is 11.7 Å². The summed E-state index contributed by atoms with van der Waals surface area (Å²) in [7, 11) is -5.24. The zero-order valence-corrected chi connectivity index (χ0v) is 18.8. The molecule has 1 saturated heterocycles. The monoisotopic (exact) mass is 522 g/mol. The van der Waals surface area contributed by atoms with Gasteiger partial charge in [-0.2, -0.15) is 12.7 Å². The van der Waals surface area contributed by atoms with Gasteiger partial charge in [0.25, 0.3) is 17.7 Å². The Kier molecular flexibility index (Phi) is 7.28. The number of hydrogen-bond acceptors (Lipinski definition) is 12. The Morgan fingerprint density at radius 2 is 1.91 bits per heavy atom. The number of rotatable bonds is 8. The van der Waals surface area contributed by atoms with E-state index in [-0.39, 0.29) is 15.1 Å². The van der Waals surface area contributed by atoms with Gasteiger partial charge in [0.05, 0.1) is 0 Å². The van der Waals surface area contributed by atoms with E-state index in [0.717, 1.165) is 25.2 Å². The first kappa shape index (κ1) is 26.2. The summed E-state index contributed by atoms with van der Waals surface area (Å²) in [5, 5.41) is 15.9. The number of anilines is 1. The average Bonchev–Trinajstić information content (AvgIpc) is 3.12. The van der Waals surface area contributed by atoms with Crippen LogP contribution in [0.5, 0.6) is 0 Å². The van der Waals surface area contributed by atoms with Crippen molar-refractivity contribution in [1.82, 2.24) is 25.5 Å². The molecule has 0 radical (unpaired) electrons. The fourth-order valence-electron chi connectivity index (χ4n) is 2.32. The Balaban J connectivity index is 2.36. The van der Waals surface area contributed by atoms with Crippen LogP contribution in [0.3, 0.4) is 0 Å². The molecule has 18 nitrogen and oxygen atoms in total. The zero-order chi connectivity index (χ0) is 26.0. The number of urea groups is 1. The fourth-order valence-corrected chi connectivity index (χ4v) is 3.72. The van der Waals surface area contributed by atoms with Gasteiger partial charge in [-0.15, -0.1) is 11.3 Å². The number of nitrogens with zero attached hydrogens (tertiary/aromatic N) is 3. The van der Waals surface area contributed by atoms with E-state index >= 15 is 0 Å². The number of β-lactam (4-membered cyclic amide) rings is 1. The molecule has 20 heteroatoms. The van der Waals surface area contributed by atoms with Gasteiger partial charge < -0.3 is 26.7 Å². The molecule has 0 saturated carbocycles. The smallest absolute Gasteiger partial charge is 0.363 e. The second-order valence-electron chi connectivity index (χ2n) is 6.90. The Morgan fingerprint density at radius 3 is 2.38 bits per heavy atom. The molecule has 0 bridgehead atoms. The van der Waals surface area contributed by atoms with Crippen LogP contribution in [0.25, 0.3) is 0 Å². The van der Waals surface area contributed by atoms with E-state index in [1.54, 1.807) is 10.9 Å². The summed E-state index contributed by atoms with van der Waals surface area (Å²) in [6, 6.07) is -5.17. The first-order chi connectivity index (χ1) is 15.6. The number of thiazole rings is 1. The molecule has 1 aliphatic heterocycles. The molecule has 0 aliphatic carbocycles. The molecule has 2 heterocycles. The van der Waals surface area contributed by atoms with Crippen LogP contribution in [0.4, 0.5) is 9.93 Å². The highest BCUT2D eigenvalue weighted by atomic mass is 32.2. The normalized spacial score (nSPS) is 18.5. The quantitative estimate of drug-likeness (QED) is 0.0757. The van der Waals surface area contributed by atoms with Crippen LogP contribution >= 0.6 is 11.3 Å². The fraction of sp³-hybridized carbons (Fsp3) is 0.357. The number of nitrogen functional groups attached to an aromatic ring is 1. The largest absolute Gasteiger partial charge is 0.478 e. The lowest BCUT2D eigenvalue weighted by molar-refractivity contribution is -0.161. The summed E-state index contributed by atoms with van der Waals surface area (Å²) < 4.78 is 31.9. The number of amides is 5. The molecule has 5 amide bonds. The second-order valence-corrected chi connectivity index (χ2v) is 9.08. The van der Waals surface area contributed by atoms with Gasteiger partial charge in [0, 0.05) is 5.38 Å². The summed E-state index contributed by atoms with van der Waals surface area (Å²) >= 11 is 0.878. The molecule has 1 aromatic rings. The predicted octanol–water partition coefficient (Wildman–Crippen LogP) is -3.49. The summed E-state index contributed by atoms with van der Waals surface area (Å²) in [4.78, 5) is 68.1. The SMILES string of the molecule is CC(C)(O/N=C(\C(=O)N[C@H]1C(=O)N(S(=O)(=O)O)[C@H]1C(=O)NNC(N)=O)c1csc(N)n1)C(=O)O. The number of hydrogen-bond donors (Lipinski definition) is 7. The van der Waals surface area contributed by atoms with Crippen molar-refractivity contribution in [2.75, 3.05) is 5.73 Å². The first-order valence-electron chi connectivity index (χ1n) is 8.74. The summed E-state index contributed by atoms with van der Waals surface area (Å²) in [5.74, 6) is -5.45. The lowest BCUT2D eigenvalue weighted by Crippen LogP contribution is -2.76. The second kappa shape index (κ2) is 9.44. The number of aromatic nitrogens is 1. The molecule has 1 aliphatic rings. The van der Waals surface area contributed by atoms with Crippen LogP contribution in [0.15, 0.2) is 10.5 Å². The Hall–Kier alpha value is -4.04. The number of carbonyl (C=O) groups excluding carboxylic acids is 4. The molecule has 34 heavy (non-hydrogen) atoms. The molecule has 1 fully saturated rings. The maximum absolute atomic E-state index is 12.8. The zero-order valence-electron chi connectivity index (χ0n) is 17.2. The van der Waals surface area contributed by atoms with Gasteiger partial charge in [-0.05, 0) is 13.8 Å². The number of primary amides is 1. The van der Waals surface area contributed by atoms with E-state index in [0.29, 0.717) is 0 Å². The van der Waals surface area contributed by atoms with E-state index in [9.17, 15) is 36.9 Å². The van der Waals surface area contributed by atoms with Crippen LogP contribution in [0.2, 0.25) is 0 Å². The summed E-state index contributed by atoms with van der Waals surface area (Å²) in [6.07, 6.45) is 0. The van der Waals surface area contributed by atoms with Crippen molar-refractivity contribution in [3.8, 4) is 0 Å². The van der Waals surface area contributed by atoms with Crippen LogP contribution in [-0.2, 0) is 34.3 Å². The number of carboxylic acid groups (broad SMARTS) is 1. The van der Waals surface area contributed by atoms with E-state index in [1.165, 1.54) is 5.38 Å². The molecule has 0 spiro atoms. The third-order valence-corrected chi connectivity index (χ3v) is 5.60. The van der Waals surface area contributed by atoms with Gasteiger partial charge in [0.15, 0.2) is 16.9 Å². The first-order valence-corrected chi connectivity index (χ1v) is 11.0. The van der Waals surface area contributed by atoms with Crippen molar-refractivity contribution in [3.63, 3.8) is 0 Å². The number of carboxylic acids is 1. The van der Waals surface area contributed by atoms with Crippen LogP contribution in [-0.4, -0.2) is 80.5 Å². The van der Waals surface area contributed by atoms with E-state index in [4.69, 9.17) is 21.4 Å². The molecule has 0 aromatic carbocycles. The topological polar surface area (TPSA) is 286 Å². The molecular weight excluding hydrogens is 504 g/mol.